The molecule has 0 unspecified atom stereocenters. The van der Waals surface area contributed by atoms with Crippen LogP contribution in [-0.4, -0.2) is 87.1 Å². The number of carbonyl (C=O) groups is 4. The minimum atomic E-state index is -0.981. The van der Waals surface area contributed by atoms with Gasteiger partial charge in [0.2, 0.25) is 11.8 Å². The van der Waals surface area contributed by atoms with Crippen LogP contribution in [0.4, 0.5) is 9.59 Å². The van der Waals surface area contributed by atoms with Crippen molar-refractivity contribution < 1.29 is 33.4 Å². The number of methoxy groups -OCH3 is 2. The van der Waals surface area contributed by atoms with Gasteiger partial charge in [0.15, 0.2) is 0 Å². The van der Waals surface area contributed by atoms with Gasteiger partial charge < -0.3 is 44.6 Å². The van der Waals surface area contributed by atoms with Gasteiger partial charge in [-0.05, 0) is 63.7 Å². The summed E-state index contributed by atoms with van der Waals surface area (Å²) in [5, 5.41) is 7.25. The lowest BCUT2D eigenvalue weighted by atomic mass is 9.92. The van der Waals surface area contributed by atoms with E-state index in [1.165, 1.54) is 14.2 Å². The number of H-pyrrole nitrogens is 2. The van der Waals surface area contributed by atoms with Gasteiger partial charge in [0, 0.05) is 24.0 Å². The number of ether oxygens (including phenoxy) is 3. The number of nitrogens with zero attached hydrogens (tertiary/aromatic N) is 4. The van der Waals surface area contributed by atoms with E-state index in [1.807, 2.05) is 63.2 Å². The third-order valence-corrected chi connectivity index (χ3v) is 11.7. The van der Waals surface area contributed by atoms with Crippen LogP contribution in [0.5, 0.6) is 5.75 Å². The van der Waals surface area contributed by atoms with Crippen LogP contribution in [0.1, 0.15) is 49.6 Å². The first-order valence-electron chi connectivity index (χ1n) is 21.6. The summed E-state index contributed by atoms with van der Waals surface area (Å²) in [5.41, 5.74) is 6.76. The Bertz CT molecular complexity index is 2820. The fourth-order valence-electron chi connectivity index (χ4n) is 8.05. The largest absolute Gasteiger partial charge is 0.488 e. The lowest BCUT2D eigenvalue weighted by Gasteiger charge is -2.30. The second kappa shape index (κ2) is 20.3. The molecule has 15 heteroatoms. The number of hydrogen-bond donors (Lipinski definition) is 4. The van der Waals surface area contributed by atoms with Crippen LogP contribution in [0.15, 0.2) is 104 Å². The Labute approximate surface area is 383 Å². The van der Waals surface area contributed by atoms with Crippen molar-refractivity contribution in [2.45, 2.75) is 52.6 Å². The number of imidazole rings is 2. The number of nitrogens with one attached hydrogen (secondary N) is 4. The van der Waals surface area contributed by atoms with Gasteiger partial charge in [0.25, 0.3) is 0 Å². The summed E-state index contributed by atoms with van der Waals surface area (Å²) in [7, 11) is 2.51. The van der Waals surface area contributed by atoms with Crippen LogP contribution in [0.3, 0.4) is 0 Å². The summed E-state index contributed by atoms with van der Waals surface area (Å²) in [6.07, 6.45) is 9.44. The maximum Gasteiger partial charge on any atom is 0.407 e. The fraction of sp³-hybridized carbons (Fsp3) is 0.294. The van der Waals surface area contributed by atoms with Gasteiger partial charge in [0.05, 0.1) is 56.2 Å². The highest BCUT2D eigenvalue weighted by Crippen LogP contribution is 2.42. The molecule has 1 aliphatic heterocycles. The molecule has 7 rings (SSSR count). The van der Waals surface area contributed by atoms with E-state index in [4.69, 9.17) is 25.6 Å². The standard InChI is InChI=1S/C51H54N8O7/c1-9-31(6)25-58(49(61)46(57-51(63)65-8)33-15-13-12-14-16-33)28-44-53-40-20-18-34-22-39-37-19-17-35(21-36(37)29-66-42(39)23-38(34)47(40)55-44)41-24-52-43(54-41)27-59(26-32(10-2)11-3)48(60)45(30(4)5)56-50(62)64-7/h2,9,11-24,30-32,45-46H,1,3,25-29H2,4-8H3,(H,52,54)(H,53,55)(H,56,62)(H,57,63)/t31-,32-,45+,46-/m1/s1. The number of terminal acetylenes is 1. The maximum atomic E-state index is 14.3. The van der Waals surface area contributed by atoms with Crippen molar-refractivity contribution >= 4 is 45.8 Å². The van der Waals surface area contributed by atoms with E-state index in [1.54, 1.807) is 40.3 Å². The first-order valence-corrected chi connectivity index (χ1v) is 21.6. The molecule has 0 bridgehead atoms. The number of aromatic amines is 2. The predicted octanol–water partition coefficient (Wildman–Crippen LogP) is 8.06. The van der Waals surface area contributed by atoms with Crippen molar-refractivity contribution in [3.05, 3.63) is 127 Å². The van der Waals surface area contributed by atoms with Crippen molar-refractivity contribution in [1.82, 2.24) is 40.4 Å². The number of carbonyl (C=O) groups excluding carboxylic acids is 4. The fourth-order valence-corrected chi connectivity index (χ4v) is 8.05. The molecule has 0 radical (unpaired) electrons. The Morgan fingerprint density at radius 3 is 2.29 bits per heavy atom. The molecule has 0 fully saturated rings. The third kappa shape index (κ3) is 10.1. The Hall–Kier alpha value is -7.86. The molecule has 4 N–H and O–H groups in total. The van der Waals surface area contributed by atoms with Crippen molar-refractivity contribution in [3.8, 4) is 40.5 Å². The summed E-state index contributed by atoms with van der Waals surface area (Å²) in [5.74, 6) is 3.18. The molecule has 340 valence electrons. The summed E-state index contributed by atoms with van der Waals surface area (Å²) < 4.78 is 16.1. The molecule has 0 saturated heterocycles. The summed E-state index contributed by atoms with van der Waals surface area (Å²) in [6, 6.07) is 21.5. The number of alkyl carbamates (subject to hydrolysis) is 2. The van der Waals surface area contributed by atoms with E-state index >= 15 is 0 Å². The SMILES string of the molecule is C#C[C@H](C=C)CN(Cc1ncc(-c2ccc3c(c2)COc2cc4c(ccc5nc(CN(C[C@H](C)C=C)C(=O)[C@H](NC(=O)OC)c6ccccc6)[nH]c54)cc2-3)[nH]1)C(=O)[C@@H](NC(=O)OC)C(C)C. The van der Waals surface area contributed by atoms with E-state index in [-0.39, 0.29) is 43.3 Å². The summed E-state index contributed by atoms with van der Waals surface area (Å²) >= 11 is 0. The molecule has 4 atom stereocenters. The zero-order valence-electron chi connectivity index (χ0n) is 37.7. The Morgan fingerprint density at radius 2 is 1.59 bits per heavy atom. The zero-order valence-corrected chi connectivity index (χ0v) is 37.7. The van der Waals surface area contributed by atoms with Crippen LogP contribution >= 0.6 is 0 Å². The Morgan fingerprint density at radius 1 is 0.864 bits per heavy atom. The first-order chi connectivity index (χ1) is 31.8. The highest BCUT2D eigenvalue weighted by atomic mass is 16.5. The zero-order chi connectivity index (χ0) is 47.1. The van der Waals surface area contributed by atoms with Crippen LogP contribution in [0.2, 0.25) is 0 Å². The number of fused-ring (bicyclic) bond motifs is 6. The number of aromatic nitrogens is 4. The molecule has 0 saturated carbocycles. The number of benzene rings is 4. The predicted molar refractivity (Wildman–Crippen MR) is 253 cm³/mol. The number of hydrogen-bond acceptors (Lipinski definition) is 9. The van der Waals surface area contributed by atoms with Gasteiger partial charge in [-0.1, -0.05) is 87.4 Å². The second-order valence-electron chi connectivity index (χ2n) is 16.6. The second-order valence-corrected chi connectivity index (χ2v) is 16.6. The van der Waals surface area contributed by atoms with Crippen molar-refractivity contribution in [3.63, 3.8) is 0 Å². The molecule has 3 heterocycles. The normalized spacial score (nSPS) is 13.5. The topological polar surface area (TPSA) is 184 Å². The van der Waals surface area contributed by atoms with Crippen molar-refractivity contribution in [2.75, 3.05) is 27.3 Å². The number of amides is 4. The molecule has 6 aromatic rings. The summed E-state index contributed by atoms with van der Waals surface area (Å²) in [4.78, 5) is 72.3. The van der Waals surface area contributed by atoms with Gasteiger partial charge in [-0.3, -0.25) is 9.59 Å². The lowest BCUT2D eigenvalue weighted by Crippen LogP contribution is -2.51. The Kier molecular flexibility index (Phi) is 14.2. The smallest absolute Gasteiger partial charge is 0.407 e. The van der Waals surface area contributed by atoms with Crippen molar-refractivity contribution in [1.29, 1.82) is 0 Å². The third-order valence-electron chi connectivity index (χ3n) is 11.7. The minimum absolute atomic E-state index is 0.0428. The number of rotatable bonds is 17. The van der Waals surface area contributed by atoms with Crippen LogP contribution < -0.4 is 15.4 Å². The van der Waals surface area contributed by atoms with Crippen molar-refractivity contribution in [2.24, 2.45) is 17.8 Å². The van der Waals surface area contributed by atoms with E-state index < -0.39 is 30.2 Å². The van der Waals surface area contributed by atoms with E-state index in [0.717, 1.165) is 55.5 Å². The van der Waals surface area contributed by atoms with E-state index in [0.29, 0.717) is 30.4 Å². The molecule has 2 aromatic heterocycles. The molecular formula is C51H54N8O7. The Balaban J connectivity index is 1.13. The molecule has 0 aliphatic carbocycles. The maximum absolute atomic E-state index is 14.3. The monoisotopic (exact) mass is 890 g/mol. The van der Waals surface area contributed by atoms with Gasteiger partial charge in [0.1, 0.15) is 36.1 Å². The van der Waals surface area contributed by atoms with Gasteiger partial charge >= 0.3 is 12.2 Å². The molecule has 4 amide bonds. The van der Waals surface area contributed by atoms with Crippen LogP contribution in [0.25, 0.3) is 44.2 Å². The average Bonchev–Trinajstić information content (AvgIpc) is 3.99. The van der Waals surface area contributed by atoms with Gasteiger partial charge in [-0.15, -0.1) is 19.6 Å². The molecule has 15 nitrogen and oxygen atoms in total. The quantitative estimate of drug-likeness (QED) is 0.0520. The van der Waals surface area contributed by atoms with E-state index in [2.05, 4.69) is 62.9 Å². The highest BCUT2D eigenvalue weighted by molar-refractivity contribution is 6.07. The van der Waals surface area contributed by atoms with Gasteiger partial charge in [-0.2, -0.15) is 0 Å². The average molecular weight is 891 g/mol. The van der Waals surface area contributed by atoms with Crippen LogP contribution in [-0.2, 0) is 38.8 Å². The molecule has 4 aromatic carbocycles. The minimum Gasteiger partial charge on any atom is -0.488 e. The molecule has 1 aliphatic rings. The first kappa shape index (κ1) is 46.1. The molecular weight excluding hydrogens is 837 g/mol. The highest BCUT2D eigenvalue weighted by Gasteiger charge is 2.32. The lowest BCUT2D eigenvalue weighted by molar-refractivity contribution is -0.135. The van der Waals surface area contributed by atoms with Crippen LogP contribution in [0, 0.1) is 30.1 Å². The van der Waals surface area contributed by atoms with E-state index in [9.17, 15) is 19.2 Å². The van der Waals surface area contributed by atoms with Gasteiger partial charge in [-0.25, -0.2) is 19.6 Å². The molecule has 0 spiro atoms. The molecule has 66 heavy (non-hydrogen) atoms. The summed E-state index contributed by atoms with van der Waals surface area (Å²) in [6.45, 7) is 14.5.